The number of carbonyl (C=O) groups excluding carboxylic acids is 1. The van der Waals surface area contributed by atoms with E-state index in [4.69, 9.17) is 11.6 Å². The Kier molecular flexibility index (Phi) is 5.06. The van der Waals surface area contributed by atoms with Gasteiger partial charge in [-0.1, -0.05) is 42.5 Å². The normalized spacial score (nSPS) is 16.3. The fourth-order valence-corrected chi connectivity index (χ4v) is 3.97. The highest BCUT2D eigenvalue weighted by Gasteiger charge is 2.24. The zero-order valence-electron chi connectivity index (χ0n) is 12.2. The molecule has 2 nitrogen and oxygen atoms in total. The second-order valence-electron chi connectivity index (χ2n) is 5.32. The van der Waals surface area contributed by atoms with Gasteiger partial charge in [-0.05, 0) is 29.2 Å². The molecule has 1 heterocycles. The first-order valence-electron chi connectivity index (χ1n) is 7.44. The molecule has 0 unspecified atom stereocenters. The smallest absolute Gasteiger partial charge is 0.220 e. The zero-order chi connectivity index (χ0) is 15.4. The molecular weight excluding hydrogens is 314 g/mol. The average molecular weight is 332 g/mol. The molecule has 0 spiro atoms. The third-order valence-corrected chi connectivity index (χ3v) is 5.23. The Balaban J connectivity index is 1.97. The molecule has 0 bridgehead atoms. The van der Waals surface area contributed by atoms with Crippen molar-refractivity contribution in [2.45, 2.75) is 29.5 Å². The van der Waals surface area contributed by atoms with E-state index in [0.29, 0.717) is 18.7 Å². The quantitative estimate of drug-likeness (QED) is 0.835. The van der Waals surface area contributed by atoms with Crippen molar-refractivity contribution in [3.63, 3.8) is 0 Å². The fraction of sp³-hybridized carbons (Fsp3) is 0.278. The molecule has 4 heteroatoms. The molecular formula is C18H18ClNOS. The Hall–Kier alpha value is -1.45. The molecule has 3 rings (SSSR count). The number of alkyl halides is 1. The topological polar surface area (TPSA) is 29.1 Å². The number of carbonyl (C=O) groups is 1. The van der Waals surface area contributed by atoms with Gasteiger partial charge in [-0.3, -0.25) is 4.79 Å². The van der Waals surface area contributed by atoms with Crippen molar-refractivity contribution >= 4 is 29.3 Å². The summed E-state index contributed by atoms with van der Waals surface area (Å²) in [6.45, 7) is 0. The van der Waals surface area contributed by atoms with Crippen molar-refractivity contribution < 1.29 is 4.79 Å². The average Bonchev–Trinajstić information content (AvgIpc) is 2.71. The monoisotopic (exact) mass is 331 g/mol. The number of thioether (sulfide) groups is 1. The molecule has 0 aliphatic carbocycles. The van der Waals surface area contributed by atoms with E-state index in [1.165, 1.54) is 21.6 Å². The number of fused-ring (bicyclic) bond motifs is 2. The lowest BCUT2D eigenvalue weighted by molar-refractivity contribution is -0.121. The van der Waals surface area contributed by atoms with Gasteiger partial charge in [0.1, 0.15) is 0 Å². The molecule has 2 aromatic carbocycles. The molecule has 1 N–H and O–H groups in total. The maximum absolute atomic E-state index is 12.2. The highest BCUT2D eigenvalue weighted by atomic mass is 35.5. The lowest BCUT2D eigenvalue weighted by Crippen LogP contribution is -2.29. The van der Waals surface area contributed by atoms with Gasteiger partial charge in [-0.2, -0.15) is 0 Å². The first-order valence-corrected chi connectivity index (χ1v) is 8.96. The molecule has 1 atom stereocenters. The Morgan fingerprint density at radius 3 is 2.68 bits per heavy atom. The van der Waals surface area contributed by atoms with Crippen LogP contribution in [0, 0.1) is 0 Å². The molecule has 0 aromatic heterocycles. The van der Waals surface area contributed by atoms with E-state index >= 15 is 0 Å². The summed E-state index contributed by atoms with van der Waals surface area (Å²) in [7, 11) is 0. The number of rotatable bonds is 4. The van der Waals surface area contributed by atoms with Crippen LogP contribution in [0.3, 0.4) is 0 Å². The van der Waals surface area contributed by atoms with E-state index in [0.717, 1.165) is 5.75 Å². The summed E-state index contributed by atoms with van der Waals surface area (Å²) < 4.78 is 0. The van der Waals surface area contributed by atoms with Crippen molar-refractivity contribution in [3.8, 4) is 0 Å². The first-order chi connectivity index (χ1) is 10.8. The van der Waals surface area contributed by atoms with Crippen LogP contribution in [0.1, 0.15) is 35.6 Å². The van der Waals surface area contributed by atoms with Gasteiger partial charge in [0.15, 0.2) is 0 Å². The third-order valence-electron chi connectivity index (χ3n) is 3.82. The summed E-state index contributed by atoms with van der Waals surface area (Å²) in [4.78, 5) is 13.5. The summed E-state index contributed by atoms with van der Waals surface area (Å²) in [5.41, 5.74) is 3.65. The highest BCUT2D eigenvalue weighted by molar-refractivity contribution is 7.98. The SMILES string of the molecule is O=C(CCCCl)N[C@H]1c2ccccc2CSc2ccccc21. The van der Waals surface area contributed by atoms with Gasteiger partial charge < -0.3 is 5.32 Å². The standard InChI is InChI=1S/C18H18ClNOS/c19-11-5-10-17(21)20-18-14-7-2-1-6-13(14)12-22-16-9-4-3-8-15(16)18/h1-4,6-9,18H,5,10-12H2,(H,20,21)/t18-/m0/s1. The molecule has 2 aromatic rings. The van der Waals surface area contributed by atoms with Gasteiger partial charge in [0, 0.05) is 22.9 Å². The first kappa shape index (κ1) is 15.4. The molecule has 0 saturated heterocycles. The maximum Gasteiger partial charge on any atom is 0.220 e. The van der Waals surface area contributed by atoms with Crippen LogP contribution in [0.2, 0.25) is 0 Å². The molecule has 0 fully saturated rings. The lowest BCUT2D eigenvalue weighted by Gasteiger charge is -2.21. The minimum atomic E-state index is -0.0785. The third kappa shape index (κ3) is 3.31. The molecule has 0 saturated carbocycles. The van der Waals surface area contributed by atoms with Crippen LogP contribution in [-0.2, 0) is 10.5 Å². The lowest BCUT2D eigenvalue weighted by atomic mass is 9.95. The summed E-state index contributed by atoms with van der Waals surface area (Å²) in [6.07, 6.45) is 1.18. The molecule has 22 heavy (non-hydrogen) atoms. The Morgan fingerprint density at radius 2 is 1.86 bits per heavy atom. The van der Waals surface area contributed by atoms with Crippen LogP contribution < -0.4 is 5.32 Å². The van der Waals surface area contributed by atoms with Crippen molar-refractivity contribution in [1.82, 2.24) is 5.32 Å². The molecule has 1 aliphatic heterocycles. The summed E-state index contributed by atoms with van der Waals surface area (Å²) in [5, 5.41) is 3.20. The van der Waals surface area contributed by atoms with Gasteiger partial charge in [-0.25, -0.2) is 0 Å². The van der Waals surface area contributed by atoms with Gasteiger partial charge >= 0.3 is 0 Å². The Labute approximate surface area is 140 Å². The molecule has 1 aliphatic rings. The minimum absolute atomic E-state index is 0.0576. The van der Waals surface area contributed by atoms with Gasteiger partial charge in [0.2, 0.25) is 5.91 Å². The van der Waals surface area contributed by atoms with Crippen molar-refractivity contribution in [2.75, 3.05) is 5.88 Å². The molecule has 1 amide bonds. The molecule has 114 valence electrons. The predicted octanol–water partition coefficient (Wildman–Crippen LogP) is 4.52. The van der Waals surface area contributed by atoms with Gasteiger partial charge in [0.05, 0.1) is 6.04 Å². The van der Waals surface area contributed by atoms with E-state index in [-0.39, 0.29) is 11.9 Å². The summed E-state index contributed by atoms with van der Waals surface area (Å²) in [6, 6.07) is 16.6. The van der Waals surface area contributed by atoms with Crippen molar-refractivity contribution in [2.24, 2.45) is 0 Å². The highest BCUT2D eigenvalue weighted by Crippen LogP contribution is 2.39. The van der Waals surface area contributed by atoms with Gasteiger partial charge in [0.25, 0.3) is 0 Å². The number of benzene rings is 2. The maximum atomic E-state index is 12.2. The second kappa shape index (κ2) is 7.21. The predicted molar refractivity (Wildman–Crippen MR) is 92.4 cm³/mol. The number of halogens is 1. The Morgan fingerprint density at radius 1 is 1.14 bits per heavy atom. The number of amides is 1. The summed E-state index contributed by atoms with van der Waals surface area (Å²) in [5.74, 6) is 1.50. The number of hydrogen-bond acceptors (Lipinski definition) is 2. The van der Waals surface area contributed by atoms with E-state index < -0.39 is 0 Å². The van der Waals surface area contributed by atoms with E-state index in [1.807, 2.05) is 30.0 Å². The van der Waals surface area contributed by atoms with Crippen LogP contribution >= 0.6 is 23.4 Å². The van der Waals surface area contributed by atoms with Gasteiger partial charge in [-0.15, -0.1) is 23.4 Å². The zero-order valence-corrected chi connectivity index (χ0v) is 13.8. The van der Waals surface area contributed by atoms with Crippen LogP contribution in [0.25, 0.3) is 0 Å². The molecule has 0 radical (unpaired) electrons. The van der Waals surface area contributed by atoms with Crippen LogP contribution in [-0.4, -0.2) is 11.8 Å². The summed E-state index contributed by atoms with van der Waals surface area (Å²) >= 11 is 7.52. The van der Waals surface area contributed by atoms with Crippen LogP contribution in [0.4, 0.5) is 0 Å². The Bertz CT molecular complexity index is 626. The number of nitrogens with one attached hydrogen (secondary N) is 1. The second-order valence-corrected chi connectivity index (χ2v) is 6.71. The van der Waals surface area contributed by atoms with E-state index in [2.05, 4.69) is 35.6 Å². The van der Waals surface area contributed by atoms with E-state index in [9.17, 15) is 4.79 Å². The van der Waals surface area contributed by atoms with Crippen molar-refractivity contribution in [3.05, 3.63) is 65.2 Å². The van der Waals surface area contributed by atoms with Crippen LogP contribution in [0.5, 0.6) is 0 Å². The minimum Gasteiger partial charge on any atom is -0.345 e. The fourth-order valence-electron chi connectivity index (χ4n) is 2.74. The van der Waals surface area contributed by atoms with E-state index in [1.54, 1.807) is 0 Å². The van der Waals surface area contributed by atoms with Crippen molar-refractivity contribution in [1.29, 1.82) is 0 Å². The number of hydrogen-bond donors (Lipinski definition) is 1. The largest absolute Gasteiger partial charge is 0.345 e. The van der Waals surface area contributed by atoms with Crippen LogP contribution in [0.15, 0.2) is 53.4 Å².